The van der Waals surface area contributed by atoms with Crippen LogP contribution in [0.3, 0.4) is 0 Å². The molecule has 0 atom stereocenters. The molecule has 0 radical (unpaired) electrons. The van der Waals surface area contributed by atoms with Crippen molar-refractivity contribution >= 4 is 39.1 Å². The third-order valence-corrected chi connectivity index (χ3v) is 3.70. The summed E-state index contributed by atoms with van der Waals surface area (Å²) < 4.78 is 6.35. The van der Waals surface area contributed by atoms with Gasteiger partial charge in [0, 0.05) is 23.3 Å². The Morgan fingerprint density at radius 2 is 1.94 bits per heavy atom. The molecule has 3 nitrogen and oxygen atoms in total. The van der Waals surface area contributed by atoms with E-state index in [1.807, 2.05) is 0 Å². The van der Waals surface area contributed by atoms with Gasteiger partial charge in [0.15, 0.2) is 0 Å². The van der Waals surface area contributed by atoms with Crippen LogP contribution in [-0.4, -0.2) is 4.98 Å². The summed E-state index contributed by atoms with van der Waals surface area (Å²) >= 11 is 15.3. The van der Waals surface area contributed by atoms with E-state index in [1.165, 1.54) is 0 Å². The molecule has 6 heteroatoms. The Morgan fingerprint density at radius 3 is 2.67 bits per heavy atom. The van der Waals surface area contributed by atoms with Gasteiger partial charge < -0.3 is 10.5 Å². The molecular weight excluding hydrogens is 339 g/mol. The third kappa shape index (κ3) is 3.14. The van der Waals surface area contributed by atoms with Crippen molar-refractivity contribution in [2.24, 2.45) is 5.73 Å². The summed E-state index contributed by atoms with van der Waals surface area (Å²) in [5, 5.41) is 0.988. The summed E-state index contributed by atoms with van der Waals surface area (Å²) in [5.74, 6) is 1.04. The number of benzene rings is 1. The van der Waals surface area contributed by atoms with E-state index in [9.17, 15) is 0 Å². The fourth-order valence-corrected chi connectivity index (χ4v) is 2.17. The molecule has 0 saturated heterocycles. The summed E-state index contributed by atoms with van der Waals surface area (Å²) in [6.07, 6.45) is 3.27. The minimum absolute atomic E-state index is 0.402. The summed E-state index contributed by atoms with van der Waals surface area (Å²) in [4.78, 5) is 4.03. The van der Waals surface area contributed by atoms with E-state index in [1.54, 1.807) is 30.6 Å². The predicted octanol–water partition coefficient (Wildman–Crippen LogP) is 4.40. The van der Waals surface area contributed by atoms with Crippen LogP contribution in [0.4, 0.5) is 0 Å². The number of hydrogen-bond donors (Lipinski definition) is 1. The monoisotopic (exact) mass is 346 g/mol. The van der Waals surface area contributed by atoms with Gasteiger partial charge in [0.1, 0.15) is 11.5 Å². The quantitative estimate of drug-likeness (QED) is 0.837. The molecule has 0 aliphatic carbocycles. The molecule has 1 aromatic heterocycles. The Labute approximate surface area is 123 Å². The normalized spacial score (nSPS) is 10.4. The summed E-state index contributed by atoms with van der Waals surface area (Å²) in [6.45, 7) is 0.402. The zero-order valence-corrected chi connectivity index (χ0v) is 12.3. The molecular formula is C12H9BrCl2N2O. The average molecular weight is 348 g/mol. The molecule has 0 spiro atoms. The molecule has 0 aliphatic heterocycles. The van der Waals surface area contributed by atoms with E-state index in [-0.39, 0.29) is 0 Å². The van der Waals surface area contributed by atoms with E-state index in [4.69, 9.17) is 33.7 Å². The molecule has 0 saturated carbocycles. The van der Waals surface area contributed by atoms with Gasteiger partial charge in [-0.3, -0.25) is 4.98 Å². The molecule has 1 heterocycles. The van der Waals surface area contributed by atoms with Crippen LogP contribution < -0.4 is 10.5 Å². The van der Waals surface area contributed by atoms with Crippen LogP contribution in [0.15, 0.2) is 35.1 Å². The van der Waals surface area contributed by atoms with Crippen LogP contribution in [0.5, 0.6) is 11.5 Å². The van der Waals surface area contributed by atoms with Crippen molar-refractivity contribution in [1.29, 1.82) is 0 Å². The van der Waals surface area contributed by atoms with Gasteiger partial charge >= 0.3 is 0 Å². The number of pyridine rings is 1. The Balaban J connectivity index is 2.30. The fourth-order valence-electron chi connectivity index (χ4n) is 1.34. The predicted molar refractivity (Wildman–Crippen MR) is 76.4 cm³/mol. The molecule has 0 bridgehead atoms. The number of nitrogens with zero attached hydrogens (tertiary/aromatic N) is 1. The van der Waals surface area contributed by atoms with Crippen LogP contribution in [0.25, 0.3) is 0 Å². The van der Waals surface area contributed by atoms with Gasteiger partial charge in [-0.15, -0.1) is 0 Å². The van der Waals surface area contributed by atoms with Crippen LogP contribution in [0.1, 0.15) is 5.56 Å². The van der Waals surface area contributed by atoms with Crippen molar-refractivity contribution in [1.82, 2.24) is 4.98 Å². The molecule has 18 heavy (non-hydrogen) atoms. The van der Waals surface area contributed by atoms with Crippen molar-refractivity contribution in [3.63, 3.8) is 0 Å². The van der Waals surface area contributed by atoms with Crippen molar-refractivity contribution in [3.05, 3.63) is 50.7 Å². The average Bonchev–Trinajstić information content (AvgIpc) is 2.36. The van der Waals surface area contributed by atoms with Crippen molar-refractivity contribution in [3.8, 4) is 11.5 Å². The van der Waals surface area contributed by atoms with Crippen molar-refractivity contribution in [2.45, 2.75) is 6.54 Å². The number of hydrogen-bond acceptors (Lipinski definition) is 3. The zero-order valence-electron chi connectivity index (χ0n) is 9.16. The highest BCUT2D eigenvalue weighted by Crippen LogP contribution is 2.36. The molecule has 2 rings (SSSR count). The molecule has 2 aromatic rings. The first-order chi connectivity index (χ1) is 8.60. The number of ether oxygens (including phenoxy) is 1. The Hall–Kier alpha value is -0.810. The Morgan fingerprint density at radius 1 is 1.17 bits per heavy atom. The molecule has 0 unspecified atom stereocenters. The minimum Gasteiger partial charge on any atom is -0.454 e. The van der Waals surface area contributed by atoms with E-state index in [0.29, 0.717) is 28.1 Å². The number of aromatic nitrogens is 1. The molecule has 94 valence electrons. The Kier molecular flexibility index (Phi) is 4.45. The lowest BCUT2D eigenvalue weighted by molar-refractivity contribution is 0.479. The van der Waals surface area contributed by atoms with Crippen molar-refractivity contribution < 1.29 is 4.74 Å². The number of nitrogens with two attached hydrogens (primary N) is 1. The topological polar surface area (TPSA) is 48.1 Å². The first kappa shape index (κ1) is 13.6. The highest BCUT2D eigenvalue weighted by Gasteiger charge is 2.08. The van der Waals surface area contributed by atoms with Gasteiger partial charge in [-0.1, -0.05) is 23.2 Å². The first-order valence-corrected chi connectivity index (χ1v) is 6.61. The van der Waals surface area contributed by atoms with Gasteiger partial charge in [-0.2, -0.15) is 0 Å². The molecule has 2 N–H and O–H groups in total. The maximum absolute atomic E-state index is 6.07. The zero-order chi connectivity index (χ0) is 13.1. The lowest BCUT2D eigenvalue weighted by Gasteiger charge is -2.09. The fraction of sp³-hybridized carbons (Fsp3) is 0.0833. The lowest BCUT2D eigenvalue weighted by Crippen LogP contribution is -1.97. The second-order valence-corrected chi connectivity index (χ2v) is 5.20. The van der Waals surface area contributed by atoms with Gasteiger partial charge in [-0.25, -0.2) is 0 Å². The standard InChI is InChI=1S/C12H9BrCl2N2O/c13-9-2-11(15)12(3-10(9)14)18-8-1-7(4-16)5-17-6-8/h1-3,5-6H,4,16H2. The van der Waals surface area contributed by atoms with Gasteiger partial charge in [0.05, 0.1) is 16.2 Å². The Bertz CT molecular complexity index is 578. The minimum atomic E-state index is 0.402. The van der Waals surface area contributed by atoms with Crippen LogP contribution >= 0.6 is 39.1 Å². The first-order valence-electron chi connectivity index (χ1n) is 5.06. The SMILES string of the molecule is NCc1cncc(Oc2cc(Cl)c(Br)cc2Cl)c1. The van der Waals surface area contributed by atoms with Gasteiger partial charge in [0.2, 0.25) is 0 Å². The second-order valence-electron chi connectivity index (χ2n) is 3.53. The van der Waals surface area contributed by atoms with Gasteiger partial charge in [0.25, 0.3) is 0 Å². The molecule has 0 amide bonds. The van der Waals surface area contributed by atoms with E-state index >= 15 is 0 Å². The summed E-state index contributed by atoms with van der Waals surface area (Å²) in [5.41, 5.74) is 6.42. The van der Waals surface area contributed by atoms with Crippen LogP contribution in [0, 0.1) is 0 Å². The molecule has 0 aliphatic rings. The lowest BCUT2D eigenvalue weighted by atomic mass is 10.3. The van der Waals surface area contributed by atoms with Crippen LogP contribution in [0.2, 0.25) is 10.0 Å². The summed E-state index contributed by atoms with van der Waals surface area (Å²) in [6, 6.07) is 5.13. The van der Waals surface area contributed by atoms with Crippen LogP contribution in [-0.2, 0) is 6.54 Å². The highest BCUT2D eigenvalue weighted by molar-refractivity contribution is 9.10. The van der Waals surface area contributed by atoms with Crippen molar-refractivity contribution in [2.75, 3.05) is 0 Å². The summed E-state index contributed by atoms with van der Waals surface area (Å²) in [7, 11) is 0. The highest BCUT2D eigenvalue weighted by atomic mass is 79.9. The second kappa shape index (κ2) is 5.89. The molecule has 1 aromatic carbocycles. The largest absolute Gasteiger partial charge is 0.454 e. The van der Waals surface area contributed by atoms with E-state index in [2.05, 4.69) is 20.9 Å². The van der Waals surface area contributed by atoms with Gasteiger partial charge in [-0.05, 0) is 33.6 Å². The smallest absolute Gasteiger partial charge is 0.147 e. The van der Waals surface area contributed by atoms with E-state index < -0.39 is 0 Å². The van der Waals surface area contributed by atoms with E-state index in [0.717, 1.165) is 10.0 Å². The number of halogens is 3. The maximum Gasteiger partial charge on any atom is 0.147 e. The molecule has 0 fully saturated rings. The number of rotatable bonds is 3. The third-order valence-electron chi connectivity index (χ3n) is 2.21. The maximum atomic E-state index is 6.07.